The van der Waals surface area contributed by atoms with E-state index in [0.717, 1.165) is 0 Å². The van der Waals surface area contributed by atoms with E-state index >= 15 is 0 Å². The SMILES string of the molecule is COc1cc(NS(=O)(=O)c2ccc(NC(=O)COc3ccc(C(C)C)cc3)cc2)ncn1. The Balaban J connectivity index is 1.56. The zero-order valence-corrected chi connectivity index (χ0v) is 18.7. The molecule has 2 aromatic carbocycles. The van der Waals surface area contributed by atoms with Gasteiger partial charge in [0.2, 0.25) is 5.88 Å². The van der Waals surface area contributed by atoms with Gasteiger partial charge in [0.1, 0.15) is 17.9 Å². The van der Waals surface area contributed by atoms with E-state index in [1.807, 2.05) is 24.3 Å². The summed E-state index contributed by atoms with van der Waals surface area (Å²) in [5.74, 6) is 0.956. The van der Waals surface area contributed by atoms with E-state index in [1.54, 1.807) is 0 Å². The molecule has 0 spiro atoms. The van der Waals surface area contributed by atoms with Crippen LogP contribution in [0, 0.1) is 0 Å². The monoisotopic (exact) mass is 456 g/mol. The van der Waals surface area contributed by atoms with Gasteiger partial charge in [0.05, 0.1) is 12.0 Å². The minimum absolute atomic E-state index is 0.00886. The van der Waals surface area contributed by atoms with Gasteiger partial charge in [-0.2, -0.15) is 0 Å². The predicted octanol–water partition coefficient (Wildman–Crippen LogP) is 3.43. The van der Waals surface area contributed by atoms with Crippen molar-refractivity contribution in [1.82, 2.24) is 9.97 Å². The van der Waals surface area contributed by atoms with Crippen molar-refractivity contribution in [2.24, 2.45) is 0 Å². The minimum atomic E-state index is -3.87. The second-order valence-electron chi connectivity index (χ2n) is 7.14. The number of hydrogen-bond donors (Lipinski definition) is 2. The van der Waals surface area contributed by atoms with Gasteiger partial charge < -0.3 is 14.8 Å². The summed E-state index contributed by atoms with van der Waals surface area (Å²) in [6, 6.07) is 14.7. The summed E-state index contributed by atoms with van der Waals surface area (Å²) in [6.07, 6.45) is 1.19. The molecule has 0 atom stereocenters. The van der Waals surface area contributed by atoms with Crippen molar-refractivity contribution in [3.8, 4) is 11.6 Å². The number of rotatable bonds is 9. The Morgan fingerprint density at radius 2 is 1.72 bits per heavy atom. The molecule has 0 aliphatic heterocycles. The molecule has 10 heteroatoms. The summed E-state index contributed by atoms with van der Waals surface area (Å²) in [4.78, 5) is 19.8. The van der Waals surface area contributed by atoms with Crippen molar-refractivity contribution < 1.29 is 22.7 Å². The van der Waals surface area contributed by atoms with E-state index in [1.165, 1.54) is 49.3 Å². The van der Waals surface area contributed by atoms with Crippen LogP contribution in [0.2, 0.25) is 0 Å². The third-order valence-electron chi connectivity index (χ3n) is 4.46. The van der Waals surface area contributed by atoms with Gasteiger partial charge in [-0.1, -0.05) is 26.0 Å². The highest BCUT2D eigenvalue weighted by Gasteiger charge is 2.16. The fourth-order valence-corrected chi connectivity index (χ4v) is 3.72. The molecule has 0 unspecified atom stereocenters. The number of benzene rings is 2. The number of nitrogens with one attached hydrogen (secondary N) is 2. The van der Waals surface area contributed by atoms with Gasteiger partial charge >= 0.3 is 0 Å². The molecule has 0 saturated carbocycles. The van der Waals surface area contributed by atoms with Crippen LogP contribution in [-0.2, 0) is 14.8 Å². The van der Waals surface area contributed by atoms with Crippen LogP contribution in [0.3, 0.4) is 0 Å². The molecule has 3 rings (SSSR count). The quantitative estimate of drug-likeness (QED) is 0.506. The van der Waals surface area contributed by atoms with Gasteiger partial charge in [-0.3, -0.25) is 9.52 Å². The number of aromatic nitrogens is 2. The third-order valence-corrected chi connectivity index (χ3v) is 5.83. The lowest BCUT2D eigenvalue weighted by Gasteiger charge is -2.10. The van der Waals surface area contributed by atoms with Gasteiger partial charge in [-0.15, -0.1) is 0 Å². The van der Waals surface area contributed by atoms with Crippen LogP contribution in [0.4, 0.5) is 11.5 Å². The van der Waals surface area contributed by atoms with E-state index in [0.29, 0.717) is 17.4 Å². The van der Waals surface area contributed by atoms with Crippen molar-refractivity contribution in [3.05, 3.63) is 66.5 Å². The number of hydrogen-bond acceptors (Lipinski definition) is 7. The molecule has 32 heavy (non-hydrogen) atoms. The Kier molecular flexibility index (Phi) is 7.26. The summed E-state index contributed by atoms with van der Waals surface area (Å²) in [7, 11) is -2.46. The molecule has 0 radical (unpaired) electrons. The summed E-state index contributed by atoms with van der Waals surface area (Å²) < 4.78 is 37.9. The van der Waals surface area contributed by atoms with Crippen LogP contribution in [-0.4, -0.2) is 38.0 Å². The van der Waals surface area contributed by atoms with Gasteiger partial charge in [-0.25, -0.2) is 18.4 Å². The Bertz CT molecular complexity index is 1160. The zero-order chi connectivity index (χ0) is 23.1. The number of anilines is 2. The van der Waals surface area contributed by atoms with Crippen LogP contribution >= 0.6 is 0 Å². The van der Waals surface area contributed by atoms with Gasteiger partial charge in [0.25, 0.3) is 15.9 Å². The molecule has 9 nitrogen and oxygen atoms in total. The van der Waals surface area contributed by atoms with Crippen molar-refractivity contribution >= 4 is 27.4 Å². The second-order valence-corrected chi connectivity index (χ2v) is 8.82. The van der Waals surface area contributed by atoms with Crippen LogP contribution in [0.15, 0.2) is 65.8 Å². The fourth-order valence-electron chi connectivity index (χ4n) is 2.72. The van der Waals surface area contributed by atoms with E-state index in [-0.39, 0.29) is 29.1 Å². The van der Waals surface area contributed by atoms with Crippen LogP contribution in [0.5, 0.6) is 11.6 Å². The number of sulfonamides is 1. The Morgan fingerprint density at radius 3 is 2.34 bits per heavy atom. The molecule has 1 heterocycles. The molecule has 0 fully saturated rings. The Morgan fingerprint density at radius 1 is 1.03 bits per heavy atom. The number of carbonyl (C=O) groups is 1. The van der Waals surface area contributed by atoms with E-state index in [2.05, 4.69) is 33.9 Å². The largest absolute Gasteiger partial charge is 0.484 e. The normalized spacial score (nSPS) is 11.1. The zero-order valence-electron chi connectivity index (χ0n) is 17.9. The summed E-state index contributed by atoms with van der Waals surface area (Å²) in [6.45, 7) is 4.03. The summed E-state index contributed by atoms with van der Waals surface area (Å²) in [5.41, 5.74) is 1.63. The lowest BCUT2D eigenvalue weighted by atomic mass is 10.0. The van der Waals surface area contributed by atoms with Crippen molar-refractivity contribution in [1.29, 1.82) is 0 Å². The smallest absolute Gasteiger partial charge is 0.263 e. The second kappa shape index (κ2) is 10.1. The van der Waals surface area contributed by atoms with Crippen molar-refractivity contribution in [3.63, 3.8) is 0 Å². The number of nitrogens with zero attached hydrogens (tertiary/aromatic N) is 2. The number of amides is 1. The Hall–Kier alpha value is -3.66. The first-order chi connectivity index (χ1) is 15.3. The standard InChI is InChI=1S/C22H24N4O5S/c1-15(2)16-4-8-18(9-5-16)31-13-21(27)25-17-6-10-19(11-7-17)32(28,29)26-20-12-22(30-3)24-14-23-20/h4-12,14-15H,13H2,1-3H3,(H,25,27)(H,23,24,26). The molecule has 168 valence electrons. The number of ether oxygens (including phenoxy) is 2. The lowest BCUT2D eigenvalue weighted by molar-refractivity contribution is -0.118. The molecule has 0 aliphatic carbocycles. The van der Waals surface area contributed by atoms with Crippen molar-refractivity contribution in [2.75, 3.05) is 23.8 Å². The highest BCUT2D eigenvalue weighted by Crippen LogP contribution is 2.20. The summed E-state index contributed by atoms with van der Waals surface area (Å²) in [5, 5.41) is 2.67. The van der Waals surface area contributed by atoms with E-state index in [4.69, 9.17) is 9.47 Å². The summed E-state index contributed by atoms with van der Waals surface area (Å²) >= 11 is 0. The van der Waals surface area contributed by atoms with Gasteiger partial charge in [0.15, 0.2) is 6.61 Å². The van der Waals surface area contributed by atoms with Gasteiger partial charge in [-0.05, 0) is 47.9 Å². The highest BCUT2D eigenvalue weighted by atomic mass is 32.2. The molecule has 0 saturated heterocycles. The van der Waals surface area contributed by atoms with E-state index < -0.39 is 10.0 Å². The first-order valence-electron chi connectivity index (χ1n) is 9.78. The molecule has 3 aromatic rings. The van der Waals surface area contributed by atoms with Crippen LogP contribution < -0.4 is 19.5 Å². The lowest BCUT2D eigenvalue weighted by Crippen LogP contribution is -2.20. The fraction of sp³-hybridized carbons (Fsp3) is 0.227. The Labute approximate surface area is 186 Å². The third kappa shape index (κ3) is 6.17. The molecular formula is C22H24N4O5S. The maximum Gasteiger partial charge on any atom is 0.263 e. The topological polar surface area (TPSA) is 120 Å². The average molecular weight is 457 g/mol. The average Bonchev–Trinajstić information content (AvgIpc) is 2.78. The van der Waals surface area contributed by atoms with E-state index in [9.17, 15) is 13.2 Å². The number of methoxy groups -OCH3 is 1. The first kappa shape index (κ1) is 23.0. The molecular weight excluding hydrogens is 432 g/mol. The first-order valence-corrected chi connectivity index (χ1v) is 11.3. The molecule has 2 N–H and O–H groups in total. The predicted molar refractivity (Wildman–Crippen MR) is 120 cm³/mol. The highest BCUT2D eigenvalue weighted by molar-refractivity contribution is 7.92. The van der Waals surface area contributed by atoms with Crippen LogP contribution in [0.25, 0.3) is 0 Å². The van der Waals surface area contributed by atoms with Crippen LogP contribution in [0.1, 0.15) is 25.3 Å². The maximum absolute atomic E-state index is 12.5. The van der Waals surface area contributed by atoms with Gasteiger partial charge in [0, 0.05) is 11.8 Å². The molecule has 0 aliphatic rings. The van der Waals surface area contributed by atoms with Crippen molar-refractivity contribution in [2.45, 2.75) is 24.7 Å². The molecule has 1 amide bonds. The molecule has 0 bridgehead atoms. The minimum Gasteiger partial charge on any atom is -0.484 e. The molecule has 1 aromatic heterocycles. The number of carbonyl (C=O) groups excluding carboxylic acids is 1. The maximum atomic E-state index is 12.5.